The summed E-state index contributed by atoms with van der Waals surface area (Å²) < 4.78 is 6.21. The minimum atomic E-state index is -0.675. The van der Waals surface area contributed by atoms with Gasteiger partial charge < -0.3 is 10.5 Å². The van der Waals surface area contributed by atoms with Gasteiger partial charge in [0.2, 0.25) is 11.8 Å². The Morgan fingerprint density at radius 3 is 2.64 bits per heavy atom. The van der Waals surface area contributed by atoms with E-state index in [1.807, 2.05) is 12.1 Å². The molecule has 7 heteroatoms. The van der Waals surface area contributed by atoms with Gasteiger partial charge >= 0.3 is 5.69 Å². The second-order valence-electron chi connectivity index (χ2n) is 4.87. The molecule has 1 aromatic carbocycles. The molecule has 0 unspecified atom stereocenters. The number of fused-ring (bicyclic) bond motifs is 1. The molecule has 0 fully saturated rings. The van der Waals surface area contributed by atoms with Gasteiger partial charge in [0, 0.05) is 7.05 Å². The lowest BCUT2D eigenvalue weighted by Crippen LogP contribution is -2.39. The van der Waals surface area contributed by atoms with E-state index in [9.17, 15) is 14.9 Å². The van der Waals surface area contributed by atoms with Crippen LogP contribution in [0, 0.1) is 11.3 Å². The first-order valence-electron chi connectivity index (χ1n) is 6.50. The number of aromatic amines is 1. The zero-order valence-corrected chi connectivity index (χ0v) is 11.7. The molecule has 3 rings (SSSR count). The summed E-state index contributed by atoms with van der Waals surface area (Å²) in [5, 5.41) is 9.38. The highest BCUT2D eigenvalue weighted by molar-refractivity contribution is 5.52. The molecule has 7 nitrogen and oxygen atoms in total. The zero-order valence-electron chi connectivity index (χ0n) is 11.7. The second kappa shape index (κ2) is 4.93. The number of benzene rings is 1. The highest BCUT2D eigenvalue weighted by atomic mass is 16.5. The quantitative estimate of drug-likeness (QED) is 0.785. The van der Waals surface area contributed by atoms with Gasteiger partial charge in [-0.25, -0.2) is 4.79 Å². The predicted molar refractivity (Wildman–Crippen MR) is 78.0 cm³/mol. The third-order valence-electron chi connectivity index (χ3n) is 3.61. The number of hydrogen-bond acceptors (Lipinski definition) is 5. The SMILES string of the molecule is Cn1c(=O)[nH]c2c(c1=O)[C@@H](c1ccccc1)C(C#N)=C(N)O2. The summed E-state index contributed by atoms with van der Waals surface area (Å²) in [6, 6.07) is 11.0. The molecule has 0 radical (unpaired) electrons. The van der Waals surface area contributed by atoms with Crippen LogP contribution in [-0.4, -0.2) is 9.55 Å². The number of allylic oxidation sites excluding steroid dienone is 1. The summed E-state index contributed by atoms with van der Waals surface area (Å²) in [5.74, 6) is -0.809. The molecule has 3 N–H and O–H groups in total. The molecular formula is C15H12N4O3. The molecule has 0 aliphatic carbocycles. The first-order chi connectivity index (χ1) is 10.5. The molecule has 0 bridgehead atoms. The van der Waals surface area contributed by atoms with E-state index in [-0.39, 0.29) is 22.9 Å². The van der Waals surface area contributed by atoms with Crippen molar-refractivity contribution in [3.8, 4) is 11.9 Å². The Hall–Kier alpha value is -3.27. The molecule has 0 saturated carbocycles. The maximum absolute atomic E-state index is 12.5. The van der Waals surface area contributed by atoms with Crippen LogP contribution >= 0.6 is 0 Å². The van der Waals surface area contributed by atoms with Gasteiger partial charge in [-0.1, -0.05) is 30.3 Å². The monoisotopic (exact) mass is 296 g/mol. The lowest BCUT2D eigenvalue weighted by atomic mass is 9.85. The van der Waals surface area contributed by atoms with Crippen molar-refractivity contribution >= 4 is 0 Å². The van der Waals surface area contributed by atoms with Crippen molar-refractivity contribution in [2.75, 3.05) is 0 Å². The fourth-order valence-electron chi connectivity index (χ4n) is 2.50. The first kappa shape index (κ1) is 13.7. The van der Waals surface area contributed by atoms with Crippen molar-refractivity contribution in [1.29, 1.82) is 5.26 Å². The minimum Gasteiger partial charge on any atom is -0.424 e. The molecule has 110 valence electrons. The molecule has 22 heavy (non-hydrogen) atoms. The third-order valence-corrected chi connectivity index (χ3v) is 3.61. The van der Waals surface area contributed by atoms with Crippen LogP contribution in [-0.2, 0) is 7.05 Å². The maximum Gasteiger partial charge on any atom is 0.330 e. The van der Waals surface area contributed by atoms with Crippen molar-refractivity contribution in [2.24, 2.45) is 12.8 Å². The lowest BCUT2D eigenvalue weighted by Gasteiger charge is -2.25. The van der Waals surface area contributed by atoms with E-state index in [2.05, 4.69) is 4.98 Å². The van der Waals surface area contributed by atoms with E-state index in [0.717, 1.165) is 10.1 Å². The Morgan fingerprint density at radius 2 is 2.00 bits per heavy atom. The Bertz CT molecular complexity index is 932. The van der Waals surface area contributed by atoms with Gasteiger partial charge in [0.15, 0.2) is 0 Å². The average Bonchev–Trinajstić information content (AvgIpc) is 2.52. The van der Waals surface area contributed by atoms with E-state index in [0.29, 0.717) is 0 Å². The number of nitriles is 1. The van der Waals surface area contributed by atoms with Crippen LogP contribution < -0.4 is 21.7 Å². The van der Waals surface area contributed by atoms with Gasteiger partial charge in [0.05, 0.1) is 11.5 Å². The largest absolute Gasteiger partial charge is 0.424 e. The molecule has 1 aliphatic heterocycles. The summed E-state index contributed by atoms with van der Waals surface area (Å²) in [4.78, 5) is 26.7. The zero-order chi connectivity index (χ0) is 15.9. The fourth-order valence-corrected chi connectivity index (χ4v) is 2.50. The van der Waals surface area contributed by atoms with Gasteiger partial charge in [-0.15, -0.1) is 0 Å². The number of nitrogens with one attached hydrogen (secondary N) is 1. The van der Waals surface area contributed by atoms with Crippen LogP contribution in [0.3, 0.4) is 0 Å². The number of H-pyrrole nitrogens is 1. The molecule has 1 aliphatic rings. The Kier molecular flexibility index (Phi) is 3.07. The topological polar surface area (TPSA) is 114 Å². The van der Waals surface area contributed by atoms with Gasteiger partial charge in [0.1, 0.15) is 11.6 Å². The highest BCUT2D eigenvalue weighted by Crippen LogP contribution is 2.38. The van der Waals surface area contributed by atoms with Crippen molar-refractivity contribution in [1.82, 2.24) is 9.55 Å². The van der Waals surface area contributed by atoms with E-state index < -0.39 is 17.2 Å². The van der Waals surface area contributed by atoms with Crippen LogP contribution in [0.1, 0.15) is 17.0 Å². The summed E-state index contributed by atoms with van der Waals surface area (Å²) in [5.41, 5.74) is 5.70. The Labute approximate surface area is 124 Å². The van der Waals surface area contributed by atoms with E-state index >= 15 is 0 Å². The molecule has 2 heterocycles. The number of nitrogens with two attached hydrogens (primary N) is 1. The predicted octanol–water partition coefficient (Wildman–Crippen LogP) is 0.292. The molecule has 0 amide bonds. The third kappa shape index (κ3) is 1.90. The second-order valence-corrected chi connectivity index (χ2v) is 4.87. The molecule has 1 atom stereocenters. The van der Waals surface area contributed by atoms with Crippen LogP contribution in [0.25, 0.3) is 0 Å². The lowest BCUT2D eigenvalue weighted by molar-refractivity contribution is 0.370. The number of aromatic nitrogens is 2. The molecule has 0 saturated heterocycles. The molecule has 2 aromatic rings. The summed E-state index contributed by atoms with van der Waals surface area (Å²) in [6.45, 7) is 0. The maximum atomic E-state index is 12.5. The van der Waals surface area contributed by atoms with Crippen LogP contribution in [0.2, 0.25) is 0 Å². The number of rotatable bonds is 1. The van der Waals surface area contributed by atoms with Crippen molar-refractivity contribution in [2.45, 2.75) is 5.92 Å². The molecule has 0 spiro atoms. The Morgan fingerprint density at radius 1 is 1.32 bits per heavy atom. The van der Waals surface area contributed by atoms with Gasteiger partial charge in [-0.2, -0.15) is 5.26 Å². The van der Waals surface area contributed by atoms with Crippen molar-refractivity contribution < 1.29 is 4.74 Å². The molecular weight excluding hydrogens is 284 g/mol. The number of ether oxygens (including phenoxy) is 1. The van der Waals surface area contributed by atoms with E-state index in [4.69, 9.17) is 10.5 Å². The fraction of sp³-hybridized carbons (Fsp3) is 0.133. The summed E-state index contributed by atoms with van der Waals surface area (Å²) >= 11 is 0. The van der Waals surface area contributed by atoms with Gasteiger partial charge in [-0.05, 0) is 5.56 Å². The Balaban J connectivity index is 2.38. The standard InChI is InChI=1S/C15H12N4O3/c1-19-14(20)11-10(8-5-3-2-4-6-8)9(7-16)12(17)22-13(11)18-15(19)21/h2-6,10H,17H2,1H3,(H,18,21)/t10-/m0/s1. The van der Waals surface area contributed by atoms with Gasteiger partial charge in [-0.3, -0.25) is 14.3 Å². The average molecular weight is 296 g/mol. The smallest absolute Gasteiger partial charge is 0.330 e. The summed E-state index contributed by atoms with van der Waals surface area (Å²) in [7, 11) is 1.36. The summed E-state index contributed by atoms with van der Waals surface area (Å²) in [6.07, 6.45) is 0. The van der Waals surface area contributed by atoms with E-state index in [1.54, 1.807) is 24.3 Å². The van der Waals surface area contributed by atoms with Crippen LogP contribution in [0.5, 0.6) is 5.88 Å². The highest BCUT2D eigenvalue weighted by Gasteiger charge is 2.34. The normalized spacial score (nSPS) is 16.6. The van der Waals surface area contributed by atoms with E-state index in [1.165, 1.54) is 7.05 Å². The van der Waals surface area contributed by atoms with Crippen molar-refractivity contribution in [3.63, 3.8) is 0 Å². The van der Waals surface area contributed by atoms with Crippen LogP contribution in [0.15, 0.2) is 51.4 Å². The van der Waals surface area contributed by atoms with Gasteiger partial charge in [0.25, 0.3) is 5.56 Å². The minimum absolute atomic E-state index is 0.0153. The van der Waals surface area contributed by atoms with Crippen molar-refractivity contribution in [3.05, 3.63) is 73.8 Å². The molecule has 1 aromatic heterocycles. The first-order valence-corrected chi connectivity index (χ1v) is 6.50. The number of hydrogen-bond donors (Lipinski definition) is 2. The number of nitrogens with zero attached hydrogens (tertiary/aromatic N) is 2. The van der Waals surface area contributed by atoms with Crippen LogP contribution in [0.4, 0.5) is 0 Å².